The van der Waals surface area contributed by atoms with Crippen LogP contribution in [0.4, 0.5) is 5.69 Å². The second kappa shape index (κ2) is 5.73. The van der Waals surface area contributed by atoms with Crippen molar-refractivity contribution in [1.29, 1.82) is 0 Å². The Morgan fingerprint density at radius 2 is 2.17 bits per heavy atom. The maximum atomic E-state index is 12.0. The number of ketones is 1. The van der Waals surface area contributed by atoms with E-state index in [1.165, 1.54) is 6.07 Å². The summed E-state index contributed by atoms with van der Waals surface area (Å²) in [5.74, 6) is -0.0657. The number of hydrogen-bond acceptors (Lipinski definition) is 4. The van der Waals surface area contributed by atoms with Crippen LogP contribution in [-0.4, -0.2) is 23.4 Å². The minimum atomic E-state index is -0.454. The Balaban J connectivity index is 2.08. The second-order valence-electron chi connectivity index (χ2n) is 4.38. The van der Waals surface area contributed by atoms with Crippen LogP contribution in [0.1, 0.15) is 24.8 Å². The molecule has 0 N–H and O–H groups in total. The van der Waals surface area contributed by atoms with Crippen LogP contribution in [0.15, 0.2) is 24.3 Å². The third kappa shape index (κ3) is 2.92. The summed E-state index contributed by atoms with van der Waals surface area (Å²) in [6.45, 7) is 0.604. The average molecular weight is 249 g/mol. The highest BCUT2D eigenvalue weighted by atomic mass is 16.6. The first-order chi connectivity index (χ1) is 8.68. The molecule has 1 heterocycles. The molecule has 96 valence electrons. The van der Waals surface area contributed by atoms with Gasteiger partial charge in [0.15, 0.2) is 5.78 Å². The summed E-state index contributed by atoms with van der Waals surface area (Å²) >= 11 is 0. The zero-order chi connectivity index (χ0) is 13.0. The molecule has 1 aliphatic rings. The van der Waals surface area contributed by atoms with Crippen molar-refractivity contribution in [3.05, 3.63) is 39.9 Å². The van der Waals surface area contributed by atoms with Gasteiger partial charge in [-0.25, -0.2) is 0 Å². The van der Waals surface area contributed by atoms with Gasteiger partial charge in [-0.2, -0.15) is 0 Å². The number of Topliss-reactive ketones (excluding diaryl/α,β-unsaturated/α-hetero) is 1. The van der Waals surface area contributed by atoms with Crippen LogP contribution in [-0.2, 0) is 16.0 Å². The van der Waals surface area contributed by atoms with Crippen molar-refractivity contribution in [3.63, 3.8) is 0 Å². The van der Waals surface area contributed by atoms with Gasteiger partial charge in [0.05, 0.1) is 4.92 Å². The molecule has 0 amide bonds. The number of para-hydroxylation sites is 1. The number of rotatable bonds is 4. The minimum absolute atomic E-state index is 0.00154. The Bertz CT molecular complexity index is 452. The van der Waals surface area contributed by atoms with Gasteiger partial charge in [0, 0.05) is 24.7 Å². The summed E-state index contributed by atoms with van der Waals surface area (Å²) < 4.78 is 5.39. The molecule has 1 atom stereocenters. The van der Waals surface area contributed by atoms with Crippen LogP contribution < -0.4 is 0 Å². The summed E-state index contributed by atoms with van der Waals surface area (Å²) in [6, 6.07) is 6.35. The maximum absolute atomic E-state index is 12.0. The van der Waals surface area contributed by atoms with Gasteiger partial charge in [0.25, 0.3) is 5.69 Å². The van der Waals surface area contributed by atoms with E-state index < -0.39 is 11.0 Å². The fourth-order valence-electron chi connectivity index (χ4n) is 2.13. The van der Waals surface area contributed by atoms with E-state index in [1.54, 1.807) is 18.2 Å². The molecule has 0 aromatic heterocycles. The molecule has 1 aromatic rings. The highest BCUT2D eigenvalue weighted by Crippen LogP contribution is 2.21. The molecule has 0 radical (unpaired) electrons. The molecule has 1 unspecified atom stereocenters. The lowest BCUT2D eigenvalue weighted by atomic mass is 9.99. The van der Waals surface area contributed by atoms with Crippen molar-refractivity contribution in [3.8, 4) is 0 Å². The third-order valence-corrected chi connectivity index (χ3v) is 3.09. The number of nitro groups is 1. The quantitative estimate of drug-likeness (QED) is 0.606. The number of nitro benzene ring substituents is 1. The first-order valence-electron chi connectivity index (χ1n) is 6.05. The molecule has 0 spiro atoms. The Morgan fingerprint density at radius 1 is 1.39 bits per heavy atom. The van der Waals surface area contributed by atoms with Gasteiger partial charge in [-0.05, 0) is 19.3 Å². The van der Waals surface area contributed by atoms with E-state index in [2.05, 4.69) is 0 Å². The van der Waals surface area contributed by atoms with E-state index in [4.69, 9.17) is 4.74 Å². The topological polar surface area (TPSA) is 69.4 Å². The highest BCUT2D eigenvalue weighted by molar-refractivity contribution is 5.86. The maximum Gasteiger partial charge on any atom is 0.273 e. The molecular weight excluding hydrogens is 234 g/mol. The van der Waals surface area contributed by atoms with Gasteiger partial charge < -0.3 is 4.74 Å². The number of ether oxygens (including phenoxy) is 1. The predicted octanol–water partition coefficient (Wildman–Crippen LogP) is 2.28. The molecule has 5 nitrogen and oxygen atoms in total. The lowest BCUT2D eigenvalue weighted by Gasteiger charge is -2.21. The third-order valence-electron chi connectivity index (χ3n) is 3.09. The van der Waals surface area contributed by atoms with Gasteiger partial charge >= 0.3 is 0 Å². The van der Waals surface area contributed by atoms with Crippen molar-refractivity contribution < 1.29 is 14.5 Å². The van der Waals surface area contributed by atoms with Crippen molar-refractivity contribution in [2.45, 2.75) is 31.8 Å². The number of hydrogen-bond donors (Lipinski definition) is 0. The van der Waals surface area contributed by atoms with Crippen molar-refractivity contribution in [2.24, 2.45) is 0 Å². The van der Waals surface area contributed by atoms with Gasteiger partial charge in [-0.3, -0.25) is 14.9 Å². The van der Waals surface area contributed by atoms with Crippen molar-refractivity contribution in [2.75, 3.05) is 6.61 Å². The number of carbonyl (C=O) groups is 1. The van der Waals surface area contributed by atoms with E-state index in [0.717, 1.165) is 19.3 Å². The molecule has 18 heavy (non-hydrogen) atoms. The van der Waals surface area contributed by atoms with Gasteiger partial charge in [0.1, 0.15) is 6.10 Å². The SMILES string of the molecule is O=C(Cc1ccccc1[N+](=O)[O-])C1CCCCO1. The van der Waals surface area contributed by atoms with E-state index in [-0.39, 0.29) is 17.9 Å². The molecule has 0 saturated carbocycles. The van der Waals surface area contributed by atoms with Crippen molar-refractivity contribution in [1.82, 2.24) is 0 Å². The molecule has 1 aromatic carbocycles. The lowest BCUT2D eigenvalue weighted by molar-refractivity contribution is -0.385. The minimum Gasteiger partial charge on any atom is -0.370 e. The summed E-state index contributed by atoms with van der Waals surface area (Å²) in [6.07, 6.45) is 2.36. The number of benzene rings is 1. The first kappa shape index (κ1) is 12.7. The van der Waals surface area contributed by atoms with Crippen LogP contribution >= 0.6 is 0 Å². The largest absolute Gasteiger partial charge is 0.370 e. The number of nitrogens with zero attached hydrogens (tertiary/aromatic N) is 1. The molecule has 0 bridgehead atoms. The Labute approximate surface area is 105 Å². The predicted molar refractivity (Wildman–Crippen MR) is 65.4 cm³/mol. The van der Waals surface area contributed by atoms with Gasteiger partial charge in [0.2, 0.25) is 0 Å². The monoisotopic (exact) mass is 249 g/mol. The fraction of sp³-hybridized carbons (Fsp3) is 0.462. The van der Waals surface area contributed by atoms with E-state index in [1.807, 2.05) is 0 Å². The molecular formula is C13H15NO4. The smallest absolute Gasteiger partial charge is 0.273 e. The van der Waals surface area contributed by atoms with Crippen LogP contribution in [0.25, 0.3) is 0 Å². The zero-order valence-corrected chi connectivity index (χ0v) is 10.0. The lowest BCUT2D eigenvalue weighted by Crippen LogP contribution is -2.29. The first-order valence-corrected chi connectivity index (χ1v) is 6.05. The Kier molecular flexibility index (Phi) is 4.04. The van der Waals surface area contributed by atoms with Crippen LogP contribution in [0.3, 0.4) is 0 Å². The van der Waals surface area contributed by atoms with E-state index >= 15 is 0 Å². The molecule has 1 aliphatic heterocycles. The molecule has 1 fully saturated rings. The molecule has 5 heteroatoms. The fourth-order valence-corrected chi connectivity index (χ4v) is 2.13. The average Bonchev–Trinajstić information content (AvgIpc) is 2.40. The standard InChI is InChI=1S/C13H15NO4/c15-12(13-7-3-4-8-18-13)9-10-5-1-2-6-11(10)14(16)17/h1-2,5-6,13H,3-4,7-9H2. The normalized spacial score (nSPS) is 19.4. The zero-order valence-electron chi connectivity index (χ0n) is 10.0. The van der Waals surface area contributed by atoms with Gasteiger partial charge in [-0.15, -0.1) is 0 Å². The highest BCUT2D eigenvalue weighted by Gasteiger charge is 2.24. The van der Waals surface area contributed by atoms with Gasteiger partial charge in [-0.1, -0.05) is 18.2 Å². The molecule has 0 aliphatic carbocycles. The summed E-state index contributed by atoms with van der Waals surface area (Å²) in [5, 5.41) is 10.8. The summed E-state index contributed by atoms with van der Waals surface area (Å²) in [7, 11) is 0. The summed E-state index contributed by atoms with van der Waals surface area (Å²) in [5.41, 5.74) is 0.461. The van der Waals surface area contributed by atoms with Crippen molar-refractivity contribution >= 4 is 11.5 Å². The number of carbonyl (C=O) groups excluding carboxylic acids is 1. The van der Waals surface area contributed by atoms with Crippen LogP contribution in [0, 0.1) is 10.1 Å². The van der Waals surface area contributed by atoms with E-state index in [9.17, 15) is 14.9 Å². The Hall–Kier alpha value is -1.75. The van der Waals surface area contributed by atoms with Crippen LogP contribution in [0.5, 0.6) is 0 Å². The van der Waals surface area contributed by atoms with Crippen LogP contribution in [0.2, 0.25) is 0 Å². The molecule has 1 saturated heterocycles. The second-order valence-corrected chi connectivity index (χ2v) is 4.38. The van der Waals surface area contributed by atoms with E-state index in [0.29, 0.717) is 12.2 Å². The Morgan fingerprint density at radius 3 is 2.83 bits per heavy atom. The summed E-state index contributed by atoms with van der Waals surface area (Å²) in [4.78, 5) is 22.4. The molecule has 2 rings (SSSR count).